The molecule has 170 valence electrons. The first-order valence-corrected chi connectivity index (χ1v) is 12.6. The number of thioether (sulfide) groups is 1. The minimum absolute atomic E-state index is 0.0383. The number of aromatic nitrogens is 2. The van der Waals surface area contributed by atoms with E-state index in [4.69, 9.17) is 4.74 Å². The molecule has 0 saturated carbocycles. The molecule has 8 nitrogen and oxygen atoms in total. The smallest absolute Gasteiger partial charge is 0.243 e. The number of nitrogens with one attached hydrogen (secondary N) is 1. The number of amides is 1. The number of para-hydroxylation sites is 1. The summed E-state index contributed by atoms with van der Waals surface area (Å²) in [5, 5.41) is 3.14. The van der Waals surface area contributed by atoms with Gasteiger partial charge in [0.1, 0.15) is 5.82 Å². The van der Waals surface area contributed by atoms with Crippen LogP contribution in [0.25, 0.3) is 11.0 Å². The van der Waals surface area contributed by atoms with E-state index in [1.807, 2.05) is 11.5 Å². The zero-order valence-corrected chi connectivity index (χ0v) is 19.1. The molecule has 1 amide bonds. The number of hydrogen-bond donors (Lipinski definition) is 1. The zero-order valence-electron chi connectivity index (χ0n) is 17.5. The van der Waals surface area contributed by atoms with Gasteiger partial charge in [-0.05, 0) is 37.3 Å². The Hall–Kier alpha value is -2.47. The van der Waals surface area contributed by atoms with Crippen molar-refractivity contribution >= 4 is 44.4 Å². The number of aryl methyl sites for hydroxylation is 1. The van der Waals surface area contributed by atoms with Crippen molar-refractivity contribution < 1.29 is 22.3 Å². The van der Waals surface area contributed by atoms with Gasteiger partial charge in [0.05, 0.1) is 40.6 Å². The number of morpholine rings is 1. The summed E-state index contributed by atoms with van der Waals surface area (Å²) < 4.78 is 48.2. The van der Waals surface area contributed by atoms with Crippen LogP contribution in [-0.2, 0) is 26.1 Å². The van der Waals surface area contributed by atoms with Crippen molar-refractivity contribution in [3.8, 4) is 0 Å². The molecule has 0 atom stereocenters. The number of nitrogens with zero attached hydrogens (tertiary/aromatic N) is 3. The van der Waals surface area contributed by atoms with Gasteiger partial charge in [-0.25, -0.2) is 17.8 Å². The van der Waals surface area contributed by atoms with Gasteiger partial charge in [0, 0.05) is 19.6 Å². The summed E-state index contributed by atoms with van der Waals surface area (Å²) in [4.78, 5) is 17.0. The lowest BCUT2D eigenvalue weighted by Crippen LogP contribution is -2.40. The van der Waals surface area contributed by atoms with Crippen LogP contribution in [0.5, 0.6) is 0 Å². The molecule has 2 aromatic carbocycles. The molecular weight excluding hydrogens is 455 g/mol. The van der Waals surface area contributed by atoms with Crippen molar-refractivity contribution in [1.82, 2.24) is 13.9 Å². The number of carbonyl (C=O) groups is 1. The van der Waals surface area contributed by atoms with Crippen LogP contribution >= 0.6 is 11.8 Å². The zero-order chi connectivity index (χ0) is 22.7. The molecule has 1 aromatic heterocycles. The summed E-state index contributed by atoms with van der Waals surface area (Å²) in [6.45, 7) is 3.94. The maximum atomic E-state index is 13.7. The van der Waals surface area contributed by atoms with Crippen molar-refractivity contribution in [1.29, 1.82) is 0 Å². The Morgan fingerprint density at radius 3 is 2.69 bits per heavy atom. The van der Waals surface area contributed by atoms with Gasteiger partial charge in [-0.2, -0.15) is 4.31 Å². The molecule has 4 rings (SSSR count). The fourth-order valence-electron chi connectivity index (χ4n) is 3.48. The quantitative estimate of drug-likeness (QED) is 0.525. The number of ether oxygens (including phenoxy) is 1. The number of hydrogen-bond acceptors (Lipinski definition) is 6. The van der Waals surface area contributed by atoms with E-state index in [1.165, 1.54) is 28.2 Å². The summed E-state index contributed by atoms with van der Waals surface area (Å²) in [6.07, 6.45) is 0. The van der Waals surface area contributed by atoms with Crippen LogP contribution in [0.3, 0.4) is 0 Å². The lowest BCUT2D eigenvalue weighted by atomic mass is 10.3. The number of fused-ring (bicyclic) bond motifs is 1. The number of benzene rings is 2. The molecule has 11 heteroatoms. The van der Waals surface area contributed by atoms with Gasteiger partial charge in [-0.1, -0.05) is 23.9 Å². The van der Waals surface area contributed by atoms with E-state index in [0.717, 1.165) is 5.52 Å². The third-order valence-electron chi connectivity index (χ3n) is 5.09. The van der Waals surface area contributed by atoms with Crippen molar-refractivity contribution in [2.45, 2.75) is 23.5 Å². The number of sulfonamides is 1. The molecule has 0 spiro atoms. The first kappa shape index (κ1) is 22.7. The molecule has 2 heterocycles. The van der Waals surface area contributed by atoms with E-state index in [9.17, 15) is 17.6 Å². The van der Waals surface area contributed by atoms with Gasteiger partial charge in [-0.15, -0.1) is 0 Å². The minimum atomic E-state index is -3.63. The Morgan fingerprint density at radius 1 is 1.22 bits per heavy atom. The molecule has 1 aliphatic rings. The highest BCUT2D eigenvalue weighted by Crippen LogP contribution is 2.27. The Kier molecular flexibility index (Phi) is 6.79. The number of anilines is 1. The average Bonchev–Trinajstić information content (AvgIpc) is 3.16. The number of rotatable bonds is 7. The largest absolute Gasteiger partial charge is 0.379 e. The molecule has 0 radical (unpaired) electrons. The Morgan fingerprint density at radius 2 is 1.97 bits per heavy atom. The average molecular weight is 479 g/mol. The lowest BCUT2D eigenvalue weighted by molar-refractivity contribution is -0.113. The summed E-state index contributed by atoms with van der Waals surface area (Å²) in [6, 6.07) is 10.9. The van der Waals surface area contributed by atoms with Crippen molar-refractivity contribution in [2.75, 3.05) is 37.4 Å². The summed E-state index contributed by atoms with van der Waals surface area (Å²) in [5.41, 5.74) is 1.45. The first-order chi connectivity index (χ1) is 15.4. The van der Waals surface area contributed by atoms with E-state index in [0.29, 0.717) is 43.5 Å². The van der Waals surface area contributed by atoms with Crippen LogP contribution in [0.2, 0.25) is 0 Å². The van der Waals surface area contributed by atoms with E-state index in [-0.39, 0.29) is 22.2 Å². The fraction of sp³-hybridized carbons (Fsp3) is 0.333. The molecule has 0 unspecified atom stereocenters. The topological polar surface area (TPSA) is 93.5 Å². The Balaban J connectivity index is 1.53. The van der Waals surface area contributed by atoms with Gasteiger partial charge in [0.2, 0.25) is 15.9 Å². The highest BCUT2D eigenvalue weighted by Gasteiger charge is 2.27. The maximum Gasteiger partial charge on any atom is 0.243 e. The third-order valence-corrected chi connectivity index (χ3v) is 7.96. The van der Waals surface area contributed by atoms with Gasteiger partial charge >= 0.3 is 0 Å². The normalized spacial score (nSPS) is 15.2. The fourth-order valence-corrected chi connectivity index (χ4v) is 5.79. The second-order valence-electron chi connectivity index (χ2n) is 7.12. The predicted octanol–water partition coefficient (Wildman–Crippen LogP) is 2.95. The van der Waals surface area contributed by atoms with Crippen LogP contribution in [0.15, 0.2) is 52.5 Å². The molecule has 32 heavy (non-hydrogen) atoms. The number of carbonyl (C=O) groups excluding carboxylic acids is 1. The standard InChI is InChI=1S/C21H23FN4O4S2/c1-2-26-19-8-7-15(32(28,29)25-9-11-30-12-10-25)13-18(19)24-21(26)31-14-20(27)23-17-6-4-3-5-16(17)22/h3-8,13H,2,9-12,14H2,1H3,(H,23,27). The summed E-state index contributed by atoms with van der Waals surface area (Å²) in [5.74, 6) is -0.817. The van der Waals surface area contributed by atoms with Gasteiger partial charge in [0.15, 0.2) is 5.16 Å². The van der Waals surface area contributed by atoms with E-state index < -0.39 is 15.8 Å². The number of imidazole rings is 1. The molecule has 1 aliphatic heterocycles. The monoisotopic (exact) mass is 478 g/mol. The number of halogens is 1. The molecule has 3 aromatic rings. The Bertz CT molecular complexity index is 1240. The molecule has 0 aliphatic carbocycles. The van der Waals surface area contributed by atoms with Crippen LogP contribution in [0.4, 0.5) is 10.1 Å². The summed E-state index contributed by atoms with van der Waals surface area (Å²) in [7, 11) is -3.63. The van der Waals surface area contributed by atoms with Crippen LogP contribution in [-0.4, -0.2) is 60.2 Å². The predicted molar refractivity (Wildman–Crippen MR) is 121 cm³/mol. The highest BCUT2D eigenvalue weighted by molar-refractivity contribution is 7.99. The first-order valence-electron chi connectivity index (χ1n) is 10.2. The highest BCUT2D eigenvalue weighted by atomic mass is 32.2. The minimum Gasteiger partial charge on any atom is -0.379 e. The SMILES string of the molecule is CCn1c(SCC(=O)Nc2ccccc2F)nc2cc(S(=O)(=O)N3CCOCC3)ccc21. The molecule has 1 fully saturated rings. The summed E-state index contributed by atoms with van der Waals surface area (Å²) >= 11 is 1.21. The Labute approximate surface area is 189 Å². The van der Waals surface area contributed by atoms with Crippen LogP contribution in [0.1, 0.15) is 6.92 Å². The van der Waals surface area contributed by atoms with Crippen LogP contribution < -0.4 is 5.32 Å². The second-order valence-corrected chi connectivity index (χ2v) is 10.0. The maximum absolute atomic E-state index is 13.7. The molecular formula is C21H23FN4O4S2. The van der Waals surface area contributed by atoms with Crippen LogP contribution in [0, 0.1) is 5.82 Å². The molecule has 1 saturated heterocycles. The van der Waals surface area contributed by atoms with E-state index in [2.05, 4.69) is 10.3 Å². The van der Waals surface area contributed by atoms with Gasteiger partial charge in [0.25, 0.3) is 0 Å². The van der Waals surface area contributed by atoms with E-state index >= 15 is 0 Å². The van der Waals surface area contributed by atoms with Crippen molar-refractivity contribution in [3.05, 3.63) is 48.3 Å². The second kappa shape index (κ2) is 9.57. The molecule has 0 bridgehead atoms. The lowest BCUT2D eigenvalue weighted by Gasteiger charge is -2.26. The van der Waals surface area contributed by atoms with E-state index in [1.54, 1.807) is 30.3 Å². The van der Waals surface area contributed by atoms with Gasteiger partial charge < -0.3 is 14.6 Å². The van der Waals surface area contributed by atoms with Gasteiger partial charge in [-0.3, -0.25) is 4.79 Å². The third kappa shape index (κ3) is 4.65. The van der Waals surface area contributed by atoms with Crippen molar-refractivity contribution in [2.24, 2.45) is 0 Å². The molecule has 1 N–H and O–H groups in total. The van der Waals surface area contributed by atoms with Crippen molar-refractivity contribution in [3.63, 3.8) is 0 Å².